The zero-order chi connectivity index (χ0) is 12.5. The van der Waals surface area contributed by atoms with Gasteiger partial charge in [0.25, 0.3) is 0 Å². The van der Waals surface area contributed by atoms with Crippen molar-refractivity contribution in [1.29, 1.82) is 5.26 Å². The fourth-order valence-electron chi connectivity index (χ4n) is 1.47. The van der Waals surface area contributed by atoms with E-state index in [2.05, 4.69) is 13.0 Å². The zero-order valence-electron chi connectivity index (χ0n) is 10.5. The van der Waals surface area contributed by atoms with Gasteiger partial charge in [0.15, 0.2) is 0 Å². The number of hydrogen-bond acceptors (Lipinski definition) is 3. The molecule has 1 aromatic carbocycles. The lowest BCUT2D eigenvalue weighted by atomic mass is 10.1. The Labute approximate surface area is 103 Å². The highest BCUT2D eigenvalue weighted by Crippen LogP contribution is 2.11. The van der Waals surface area contributed by atoms with E-state index in [-0.39, 0.29) is 0 Å². The highest BCUT2D eigenvalue weighted by molar-refractivity contribution is 5.37. The second-order valence-electron chi connectivity index (χ2n) is 3.92. The molecule has 17 heavy (non-hydrogen) atoms. The molecule has 0 saturated heterocycles. The smallest absolute Gasteiger partial charge is 0.0991 e. The van der Waals surface area contributed by atoms with Crippen LogP contribution in [0.4, 0.5) is 0 Å². The van der Waals surface area contributed by atoms with Gasteiger partial charge < -0.3 is 9.47 Å². The summed E-state index contributed by atoms with van der Waals surface area (Å²) in [5.41, 5.74) is 2.91. The van der Waals surface area contributed by atoms with Crippen molar-refractivity contribution in [2.24, 2.45) is 0 Å². The number of aryl methyl sites for hydroxylation is 1. The van der Waals surface area contributed by atoms with Crippen LogP contribution in [0.1, 0.15) is 30.0 Å². The summed E-state index contributed by atoms with van der Waals surface area (Å²) >= 11 is 0. The van der Waals surface area contributed by atoms with Crippen LogP contribution in [0.3, 0.4) is 0 Å². The molecule has 1 rings (SSSR count). The van der Waals surface area contributed by atoms with Crippen LogP contribution >= 0.6 is 0 Å². The Morgan fingerprint density at radius 2 is 1.94 bits per heavy atom. The summed E-state index contributed by atoms with van der Waals surface area (Å²) in [6.07, 6.45) is 1.04. The predicted octanol–water partition coefficient (Wildman–Crippen LogP) is 2.81. The number of nitriles is 1. The molecule has 0 aromatic heterocycles. The lowest BCUT2D eigenvalue weighted by molar-refractivity contribution is 0.0407. The molecule has 0 aliphatic rings. The van der Waals surface area contributed by atoms with Crippen molar-refractivity contribution in [1.82, 2.24) is 0 Å². The molecule has 3 nitrogen and oxygen atoms in total. The average molecular weight is 233 g/mol. The third kappa shape index (κ3) is 4.99. The summed E-state index contributed by atoms with van der Waals surface area (Å²) in [5, 5.41) is 8.75. The number of ether oxygens (including phenoxy) is 2. The maximum atomic E-state index is 8.75. The SMILES string of the molecule is CCCOCCOCc1ccc(C#N)cc1C. The zero-order valence-corrected chi connectivity index (χ0v) is 10.5. The van der Waals surface area contributed by atoms with Crippen molar-refractivity contribution < 1.29 is 9.47 Å². The Kier molecular flexibility index (Phi) is 6.31. The maximum Gasteiger partial charge on any atom is 0.0991 e. The number of nitrogens with zero attached hydrogens (tertiary/aromatic N) is 1. The van der Waals surface area contributed by atoms with Gasteiger partial charge in [0.2, 0.25) is 0 Å². The van der Waals surface area contributed by atoms with Crippen LogP contribution in [0.15, 0.2) is 18.2 Å². The van der Waals surface area contributed by atoms with Crippen molar-refractivity contribution in [2.75, 3.05) is 19.8 Å². The fourth-order valence-corrected chi connectivity index (χ4v) is 1.47. The van der Waals surface area contributed by atoms with Gasteiger partial charge in [0.1, 0.15) is 0 Å². The molecular formula is C14H19NO2. The van der Waals surface area contributed by atoms with E-state index in [0.717, 1.165) is 24.2 Å². The highest BCUT2D eigenvalue weighted by Gasteiger charge is 2.00. The quantitative estimate of drug-likeness (QED) is 0.680. The van der Waals surface area contributed by atoms with E-state index >= 15 is 0 Å². The predicted molar refractivity (Wildman–Crippen MR) is 66.7 cm³/mol. The molecule has 1 aromatic rings. The molecule has 0 atom stereocenters. The molecule has 0 saturated carbocycles. The monoisotopic (exact) mass is 233 g/mol. The molecule has 0 spiro atoms. The minimum Gasteiger partial charge on any atom is -0.379 e. The van der Waals surface area contributed by atoms with E-state index in [1.165, 1.54) is 0 Å². The van der Waals surface area contributed by atoms with Crippen molar-refractivity contribution in [2.45, 2.75) is 26.9 Å². The Bertz CT molecular complexity index is 382. The summed E-state index contributed by atoms with van der Waals surface area (Å²) in [4.78, 5) is 0. The number of benzene rings is 1. The molecule has 0 N–H and O–H groups in total. The normalized spacial score (nSPS) is 10.2. The molecular weight excluding hydrogens is 214 g/mol. The Hall–Kier alpha value is -1.37. The third-order valence-corrected chi connectivity index (χ3v) is 2.45. The molecule has 0 amide bonds. The highest BCUT2D eigenvalue weighted by atomic mass is 16.5. The Morgan fingerprint density at radius 3 is 2.59 bits per heavy atom. The van der Waals surface area contributed by atoms with E-state index in [1.807, 2.05) is 25.1 Å². The second-order valence-corrected chi connectivity index (χ2v) is 3.92. The van der Waals surface area contributed by atoms with E-state index in [1.54, 1.807) is 0 Å². The molecule has 3 heteroatoms. The summed E-state index contributed by atoms with van der Waals surface area (Å²) in [6.45, 7) is 6.70. The Balaban J connectivity index is 2.30. The van der Waals surface area contributed by atoms with Crippen LogP contribution in [-0.2, 0) is 16.1 Å². The van der Waals surface area contributed by atoms with Gasteiger partial charge in [-0.2, -0.15) is 5.26 Å². The van der Waals surface area contributed by atoms with Gasteiger partial charge >= 0.3 is 0 Å². The van der Waals surface area contributed by atoms with Crippen molar-refractivity contribution in [3.63, 3.8) is 0 Å². The van der Waals surface area contributed by atoms with E-state index in [9.17, 15) is 0 Å². The van der Waals surface area contributed by atoms with E-state index in [4.69, 9.17) is 14.7 Å². The molecule has 0 fully saturated rings. The first kappa shape index (κ1) is 13.7. The van der Waals surface area contributed by atoms with Gasteiger partial charge in [-0.3, -0.25) is 0 Å². The van der Waals surface area contributed by atoms with Crippen LogP contribution in [-0.4, -0.2) is 19.8 Å². The molecule has 0 aliphatic carbocycles. The maximum absolute atomic E-state index is 8.75. The molecule has 0 radical (unpaired) electrons. The molecule has 92 valence electrons. The van der Waals surface area contributed by atoms with E-state index in [0.29, 0.717) is 25.4 Å². The summed E-state index contributed by atoms with van der Waals surface area (Å²) in [5.74, 6) is 0. The van der Waals surface area contributed by atoms with Gasteiger partial charge in [-0.25, -0.2) is 0 Å². The third-order valence-electron chi connectivity index (χ3n) is 2.45. The van der Waals surface area contributed by atoms with E-state index < -0.39 is 0 Å². The second kappa shape index (κ2) is 7.83. The largest absolute Gasteiger partial charge is 0.379 e. The molecule has 0 heterocycles. The van der Waals surface area contributed by atoms with Crippen molar-refractivity contribution >= 4 is 0 Å². The van der Waals surface area contributed by atoms with Gasteiger partial charge in [-0.1, -0.05) is 13.0 Å². The molecule has 0 aliphatic heterocycles. The van der Waals surface area contributed by atoms with Gasteiger partial charge in [0.05, 0.1) is 31.5 Å². The van der Waals surface area contributed by atoms with Crippen molar-refractivity contribution in [3.8, 4) is 6.07 Å². The topological polar surface area (TPSA) is 42.2 Å². The summed E-state index contributed by atoms with van der Waals surface area (Å²) in [7, 11) is 0. The number of hydrogen-bond donors (Lipinski definition) is 0. The first-order valence-corrected chi connectivity index (χ1v) is 5.93. The van der Waals surface area contributed by atoms with Crippen LogP contribution < -0.4 is 0 Å². The first-order chi connectivity index (χ1) is 8.27. The fraction of sp³-hybridized carbons (Fsp3) is 0.500. The Morgan fingerprint density at radius 1 is 1.18 bits per heavy atom. The standard InChI is InChI=1S/C14H19NO2/c1-3-6-16-7-8-17-11-14-5-4-13(10-15)9-12(14)2/h4-5,9H,3,6-8,11H2,1-2H3. The van der Waals surface area contributed by atoms with Crippen LogP contribution in [0.25, 0.3) is 0 Å². The van der Waals surface area contributed by atoms with Gasteiger partial charge in [-0.15, -0.1) is 0 Å². The average Bonchev–Trinajstić information content (AvgIpc) is 2.35. The van der Waals surface area contributed by atoms with Gasteiger partial charge in [0, 0.05) is 6.61 Å². The van der Waals surface area contributed by atoms with Gasteiger partial charge in [-0.05, 0) is 36.6 Å². The number of rotatable bonds is 7. The summed E-state index contributed by atoms with van der Waals surface area (Å²) < 4.78 is 10.8. The summed E-state index contributed by atoms with van der Waals surface area (Å²) in [6, 6.07) is 7.77. The molecule has 0 unspecified atom stereocenters. The first-order valence-electron chi connectivity index (χ1n) is 5.93. The van der Waals surface area contributed by atoms with Crippen LogP contribution in [0, 0.1) is 18.3 Å². The van der Waals surface area contributed by atoms with Crippen LogP contribution in [0.5, 0.6) is 0 Å². The lowest BCUT2D eigenvalue weighted by Gasteiger charge is -2.07. The molecule has 0 bridgehead atoms. The minimum atomic E-state index is 0.576. The van der Waals surface area contributed by atoms with Crippen molar-refractivity contribution in [3.05, 3.63) is 34.9 Å². The lowest BCUT2D eigenvalue weighted by Crippen LogP contribution is -2.05. The minimum absolute atomic E-state index is 0.576. The van der Waals surface area contributed by atoms with Crippen LogP contribution in [0.2, 0.25) is 0 Å².